The van der Waals surface area contributed by atoms with E-state index in [1.807, 2.05) is 32.0 Å². The smallest absolute Gasteiger partial charge is 0.307 e. The summed E-state index contributed by atoms with van der Waals surface area (Å²) >= 11 is 0. The van der Waals surface area contributed by atoms with Gasteiger partial charge in [-0.3, -0.25) is 4.79 Å². The van der Waals surface area contributed by atoms with Crippen molar-refractivity contribution in [3.63, 3.8) is 0 Å². The molecule has 100 valence electrons. The first-order valence-corrected chi connectivity index (χ1v) is 6.07. The zero-order valence-electron chi connectivity index (χ0n) is 11.4. The fourth-order valence-corrected chi connectivity index (χ4v) is 1.92. The third kappa shape index (κ3) is 3.74. The molecule has 1 aromatic rings. The standard InChI is InChI=1S/C14H21NO3/c1-5-15-12(9-14(16)18-4)11-6-7-13(17-3)10(2)8-11/h6-8,12,15H,5,9H2,1-4H3. The van der Waals surface area contributed by atoms with Gasteiger partial charge in [-0.15, -0.1) is 0 Å². The minimum absolute atomic E-state index is 0.0212. The van der Waals surface area contributed by atoms with Gasteiger partial charge >= 0.3 is 5.97 Å². The number of carbonyl (C=O) groups is 1. The van der Waals surface area contributed by atoms with Gasteiger partial charge in [0.25, 0.3) is 0 Å². The third-order valence-electron chi connectivity index (χ3n) is 2.87. The fourth-order valence-electron chi connectivity index (χ4n) is 1.92. The molecular formula is C14H21NO3. The summed E-state index contributed by atoms with van der Waals surface area (Å²) in [7, 11) is 3.06. The van der Waals surface area contributed by atoms with Crippen LogP contribution < -0.4 is 10.1 Å². The molecule has 0 aliphatic rings. The Bertz CT molecular complexity index is 404. The van der Waals surface area contributed by atoms with Crippen LogP contribution in [0.25, 0.3) is 0 Å². The van der Waals surface area contributed by atoms with Crippen LogP contribution in [0.15, 0.2) is 18.2 Å². The molecule has 0 saturated heterocycles. The van der Waals surface area contributed by atoms with Gasteiger partial charge in [-0.2, -0.15) is 0 Å². The van der Waals surface area contributed by atoms with Gasteiger partial charge in [0.1, 0.15) is 5.75 Å². The molecule has 0 spiro atoms. The van der Waals surface area contributed by atoms with Crippen molar-refractivity contribution in [2.45, 2.75) is 26.3 Å². The molecule has 0 saturated carbocycles. The summed E-state index contributed by atoms with van der Waals surface area (Å²) < 4.78 is 9.95. The predicted molar refractivity (Wildman–Crippen MR) is 70.8 cm³/mol. The molecule has 18 heavy (non-hydrogen) atoms. The van der Waals surface area contributed by atoms with Gasteiger partial charge in [0.2, 0.25) is 0 Å². The lowest BCUT2D eigenvalue weighted by Gasteiger charge is -2.18. The van der Waals surface area contributed by atoms with Gasteiger partial charge in [0.15, 0.2) is 0 Å². The summed E-state index contributed by atoms with van der Waals surface area (Å²) in [6.07, 6.45) is 0.329. The van der Waals surface area contributed by atoms with E-state index in [1.165, 1.54) is 7.11 Å². The molecule has 0 bridgehead atoms. The van der Waals surface area contributed by atoms with Crippen molar-refractivity contribution in [1.82, 2.24) is 5.32 Å². The lowest BCUT2D eigenvalue weighted by molar-refractivity contribution is -0.141. The van der Waals surface area contributed by atoms with Gasteiger partial charge in [-0.05, 0) is 30.7 Å². The maximum absolute atomic E-state index is 11.4. The molecule has 1 rings (SSSR count). The molecule has 0 amide bonds. The number of benzene rings is 1. The molecule has 1 atom stereocenters. The second-order valence-corrected chi connectivity index (χ2v) is 4.12. The number of ether oxygens (including phenoxy) is 2. The maximum atomic E-state index is 11.4. The van der Waals surface area contributed by atoms with E-state index in [4.69, 9.17) is 9.47 Å². The van der Waals surface area contributed by atoms with Crippen LogP contribution in [0, 0.1) is 6.92 Å². The van der Waals surface area contributed by atoms with Crippen LogP contribution in [0.1, 0.15) is 30.5 Å². The molecule has 4 nitrogen and oxygen atoms in total. The second-order valence-electron chi connectivity index (χ2n) is 4.12. The van der Waals surface area contributed by atoms with Crippen molar-refractivity contribution in [1.29, 1.82) is 0 Å². The largest absolute Gasteiger partial charge is 0.496 e. The number of methoxy groups -OCH3 is 2. The Balaban J connectivity index is 2.91. The summed E-state index contributed by atoms with van der Waals surface area (Å²) in [6.45, 7) is 4.80. The van der Waals surface area contributed by atoms with Gasteiger partial charge in [0.05, 0.1) is 20.6 Å². The number of carbonyl (C=O) groups excluding carboxylic acids is 1. The summed E-state index contributed by atoms with van der Waals surface area (Å²) in [4.78, 5) is 11.4. The van der Waals surface area contributed by atoms with Crippen LogP contribution in [-0.2, 0) is 9.53 Å². The minimum atomic E-state index is -0.213. The monoisotopic (exact) mass is 251 g/mol. The van der Waals surface area contributed by atoms with Gasteiger partial charge in [0, 0.05) is 6.04 Å². The van der Waals surface area contributed by atoms with Crippen LogP contribution in [0.2, 0.25) is 0 Å². The first-order chi connectivity index (χ1) is 8.62. The highest BCUT2D eigenvalue weighted by molar-refractivity contribution is 5.70. The Morgan fingerprint density at radius 2 is 2.11 bits per heavy atom. The summed E-state index contributed by atoms with van der Waals surface area (Å²) in [6, 6.07) is 5.91. The van der Waals surface area contributed by atoms with E-state index in [0.29, 0.717) is 6.42 Å². The highest BCUT2D eigenvalue weighted by Gasteiger charge is 2.16. The first kappa shape index (κ1) is 14.5. The molecule has 0 aromatic heterocycles. The Kier molecular flexibility index (Phi) is 5.65. The number of esters is 1. The average Bonchev–Trinajstić information content (AvgIpc) is 2.38. The Labute approximate surface area is 108 Å². The molecule has 0 heterocycles. The molecule has 0 aliphatic carbocycles. The van der Waals surface area contributed by atoms with Crippen LogP contribution in [0.4, 0.5) is 0 Å². The number of hydrogen-bond donors (Lipinski definition) is 1. The molecule has 0 aliphatic heterocycles. The number of aryl methyl sites for hydroxylation is 1. The predicted octanol–water partition coefficient (Wildman–Crippen LogP) is 2.22. The zero-order chi connectivity index (χ0) is 13.5. The van der Waals surface area contributed by atoms with Gasteiger partial charge in [-0.1, -0.05) is 19.1 Å². The van der Waals surface area contributed by atoms with Crippen LogP contribution in [0.3, 0.4) is 0 Å². The zero-order valence-corrected chi connectivity index (χ0v) is 11.4. The van der Waals surface area contributed by atoms with Crippen LogP contribution in [0.5, 0.6) is 5.75 Å². The van der Waals surface area contributed by atoms with Crippen LogP contribution >= 0.6 is 0 Å². The Hall–Kier alpha value is -1.55. The lowest BCUT2D eigenvalue weighted by Crippen LogP contribution is -2.24. The molecular weight excluding hydrogens is 230 g/mol. The highest BCUT2D eigenvalue weighted by Crippen LogP contribution is 2.24. The van der Waals surface area contributed by atoms with E-state index in [2.05, 4.69) is 5.32 Å². The van der Waals surface area contributed by atoms with E-state index < -0.39 is 0 Å². The van der Waals surface area contributed by atoms with E-state index in [9.17, 15) is 4.79 Å². The van der Waals surface area contributed by atoms with Crippen molar-refractivity contribution in [2.75, 3.05) is 20.8 Å². The number of nitrogens with one attached hydrogen (secondary N) is 1. The fraction of sp³-hybridized carbons (Fsp3) is 0.500. The van der Waals surface area contributed by atoms with E-state index >= 15 is 0 Å². The topological polar surface area (TPSA) is 47.6 Å². The van der Waals surface area contributed by atoms with Crippen molar-refractivity contribution in [3.05, 3.63) is 29.3 Å². The molecule has 0 fully saturated rings. The molecule has 4 heteroatoms. The maximum Gasteiger partial charge on any atom is 0.307 e. The van der Waals surface area contributed by atoms with Gasteiger partial charge in [-0.25, -0.2) is 0 Å². The SMILES string of the molecule is CCNC(CC(=O)OC)c1ccc(OC)c(C)c1. The van der Waals surface area contributed by atoms with Gasteiger partial charge < -0.3 is 14.8 Å². The van der Waals surface area contributed by atoms with Crippen LogP contribution in [-0.4, -0.2) is 26.7 Å². The highest BCUT2D eigenvalue weighted by atomic mass is 16.5. The normalized spacial score (nSPS) is 12.0. The quantitative estimate of drug-likeness (QED) is 0.787. The second kappa shape index (κ2) is 7.01. The van der Waals surface area contributed by atoms with E-state index in [0.717, 1.165) is 23.4 Å². The first-order valence-electron chi connectivity index (χ1n) is 6.07. The number of hydrogen-bond acceptors (Lipinski definition) is 4. The van der Waals surface area contributed by atoms with E-state index in [1.54, 1.807) is 7.11 Å². The summed E-state index contributed by atoms with van der Waals surface area (Å²) in [5.74, 6) is 0.640. The van der Waals surface area contributed by atoms with Crippen molar-refractivity contribution < 1.29 is 14.3 Å². The van der Waals surface area contributed by atoms with Crippen molar-refractivity contribution in [2.24, 2.45) is 0 Å². The van der Waals surface area contributed by atoms with Crippen molar-refractivity contribution in [3.8, 4) is 5.75 Å². The van der Waals surface area contributed by atoms with E-state index in [-0.39, 0.29) is 12.0 Å². The molecule has 1 N–H and O–H groups in total. The Morgan fingerprint density at radius 1 is 1.39 bits per heavy atom. The molecule has 0 radical (unpaired) electrons. The summed E-state index contributed by atoms with van der Waals surface area (Å²) in [5.41, 5.74) is 2.13. The van der Waals surface area contributed by atoms with Crippen molar-refractivity contribution >= 4 is 5.97 Å². The molecule has 1 aromatic carbocycles. The third-order valence-corrected chi connectivity index (χ3v) is 2.87. The average molecular weight is 251 g/mol. The Morgan fingerprint density at radius 3 is 2.61 bits per heavy atom. The minimum Gasteiger partial charge on any atom is -0.496 e. The lowest BCUT2D eigenvalue weighted by atomic mass is 10.0. The summed E-state index contributed by atoms with van der Waals surface area (Å²) in [5, 5.41) is 3.29. The molecule has 1 unspecified atom stereocenters. The number of rotatable bonds is 6.